The van der Waals surface area contributed by atoms with Crippen molar-refractivity contribution in [3.8, 4) is 0 Å². The Balaban J connectivity index is 0. The quantitative estimate of drug-likeness (QED) is 0.592. The molecule has 0 bridgehead atoms. The van der Waals surface area contributed by atoms with Crippen LogP contribution in [-0.2, 0) is 0 Å². The van der Waals surface area contributed by atoms with Gasteiger partial charge < -0.3 is 11.1 Å². The van der Waals surface area contributed by atoms with E-state index in [4.69, 9.17) is 5.73 Å². The van der Waals surface area contributed by atoms with Crippen LogP contribution in [0.25, 0.3) is 0 Å². The van der Waals surface area contributed by atoms with Gasteiger partial charge >= 0.3 is 0 Å². The molecule has 1 unspecified atom stereocenters. The fourth-order valence-corrected chi connectivity index (χ4v) is 0.607. The van der Waals surface area contributed by atoms with Crippen LogP contribution in [0.4, 0.5) is 0 Å². The van der Waals surface area contributed by atoms with Gasteiger partial charge in [-0.05, 0) is 26.7 Å². The van der Waals surface area contributed by atoms with Crippen LogP contribution in [0, 0.1) is 0 Å². The van der Waals surface area contributed by atoms with Crippen molar-refractivity contribution in [2.45, 2.75) is 26.8 Å². The van der Waals surface area contributed by atoms with E-state index in [1.807, 2.05) is 6.92 Å². The number of hydrogen-bond acceptors (Lipinski definition) is 3. The molecule has 0 aromatic carbocycles. The van der Waals surface area contributed by atoms with Crippen LogP contribution in [0.5, 0.6) is 0 Å². The third-order valence-electron chi connectivity index (χ3n) is 0.956. The molecule has 0 fully saturated rings. The van der Waals surface area contributed by atoms with Crippen molar-refractivity contribution in [1.29, 1.82) is 0 Å². The number of hydrogen-bond donors (Lipinski definition) is 2. The molecule has 0 aliphatic carbocycles. The first-order valence-electron chi connectivity index (χ1n) is 4.08. The molecule has 0 aromatic rings. The smallest absolute Gasteiger partial charge is 0.0533 e. The highest BCUT2D eigenvalue weighted by Crippen LogP contribution is 1.78. The van der Waals surface area contributed by atoms with Crippen LogP contribution in [0.2, 0.25) is 0 Å². The van der Waals surface area contributed by atoms with Gasteiger partial charge in [-0.15, -0.1) is 0 Å². The maximum atomic E-state index is 4.85. The molecule has 68 valence electrons. The monoisotopic (exact) mass is 159 g/mol. The number of likely N-dealkylation sites (N-methyl/N-ethyl adjacent to an activating group) is 1. The second kappa shape index (κ2) is 12.3. The Hall–Kier alpha value is -0.410. The second-order valence-electron chi connectivity index (χ2n) is 2.27. The summed E-state index contributed by atoms with van der Waals surface area (Å²) in [7, 11) is 0. The van der Waals surface area contributed by atoms with Crippen LogP contribution in [0.3, 0.4) is 0 Å². The van der Waals surface area contributed by atoms with E-state index in [1.54, 1.807) is 0 Å². The van der Waals surface area contributed by atoms with Crippen molar-refractivity contribution in [2.24, 2.45) is 10.7 Å². The van der Waals surface area contributed by atoms with Crippen molar-refractivity contribution >= 4 is 6.72 Å². The number of nitrogens with zero attached hydrogens (tertiary/aromatic N) is 1. The standard InChI is InChI=1S/C6H14N2.C2H7N/c1-4-8-6(2)5-7-3;1-2-3/h6,8H,3-5H2,1-2H3;2-3H2,1H3. The van der Waals surface area contributed by atoms with E-state index in [2.05, 4.69) is 30.9 Å². The number of rotatable bonds is 4. The predicted octanol–water partition coefficient (Wildman–Crippen LogP) is 0.650. The minimum atomic E-state index is 0.484. The van der Waals surface area contributed by atoms with Gasteiger partial charge in [-0.25, -0.2) is 0 Å². The van der Waals surface area contributed by atoms with Crippen molar-refractivity contribution < 1.29 is 0 Å². The Kier molecular flexibility index (Phi) is 14.7. The molecule has 0 heterocycles. The lowest BCUT2D eigenvalue weighted by Gasteiger charge is -2.06. The molecule has 3 N–H and O–H groups in total. The summed E-state index contributed by atoms with van der Waals surface area (Å²) in [6.07, 6.45) is 0. The van der Waals surface area contributed by atoms with E-state index in [-0.39, 0.29) is 0 Å². The zero-order chi connectivity index (χ0) is 9.11. The number of aliphatic imine (C=N–C) groups is 1. The zero-order valence-electron chi connectivity index (χ0n) is 7.93. The van der Waals surface area contributed by atoms with Crippen molar-refractivity contribution in [2.75, 3.05) is 19.6 Å². The molecular formula is C8H21N3. The summed E-state index contributed by atoms with van der Waals surface area (Å²) in [5.41, 5.74) is 4.85. The third kappa shape index (κ3) is 17.7. The maximum Gasteiger partial charge on any atom is 0.0533 e. The summed E-state index contributed by atoms with van der Waals surface area (Å²) in [4.78, 5) is 3.74. The number of nitrogens with two attached hydrogens (primary N) is 1. The Labute approximate surface area is 70.1 Å². The van der Waals surface area contributed by atoms with Crippen LogP contribution in [0.1, 0.15) is 20.8 Å². The van der Waals surface area contributed by atoms with Gasteiger partial charge in [0.1, 0.15) is 0 Å². The molecule has 1 atom stereocenters. The minimum absolute atomic E-state index is 0.484. The molecule has 0 radical (unpaired) electrons. The minimum Gasteiger partial charge on any atom is -0.331 e. The molecule has 0 saturated carbocycles. The van der Waals surface area contributed by atoms with Crippen molar-refractivity contribution in [3.63, 3.8) is 0 Å². The van der Waals surface area contributed by atoms with Gasteiger partial charge in [0, 0.05) is 6.04 Å². The Morgan fingerprint density at radius 2 is 2.00 bits per heavy atom. The summed E-state index contributed by atoms with van der Waals surface area (Å²) < 4.78 is 0. The van der Waals surface area contributed by atoms with Gasteiger partial charge in [0.15, 0.2) is 0 Å². The van der Waals surface area contributed by atoms with Gasteiger partial charge in [0.05, 0.1) is 6.54 Å². The lowest BCUT2D eigenvalue weighted by molar-refractivity contribution is 0.579. The number of nitrogens with one attached hydrogen (secondary N) is 1. The summed E-state index contributed by atoms with van der Waals surface area (Å²) >= 11 is 0. The largest absolute Gasteiger partial charge is 0.331 e. The average molecular weight is 159 g/mol. The molecular weight excluding hydrogens is 138 g/mol. The fourth-order valence-electron chi connectivity index (χ4n) is 0.607. The zero-order valence-corrected chi connectivity index (χ0v) is 7.93. The van der Waals surface area contributed by atoms with E-state index < -0.39 is 0 Å². The van der Waals surface area contributed by atoms with Crippen LogP contribution in [0.15, 0.2) is 4.99 Å². The first-order valence-corrected chi connectivity index (χ1v) is 4.08. The topological polar surface area (TPSA) is 50.4 Å². The molecule has 0 rings (SSSR count). The average Bonchev–Trinajstić information content (AvgIpc) is 1.90. The molecule has 0 saturated heterocycles. The lowest BCUT2D eigenvalue weighted by atomic mass is 10.3. The highest BCUT2D eigenvalue weighted by atomic mass is 14.9. The van der Waals surface area contributed by atoms with Gasteiger partial charge in [0.2, 0.25) is 0 Å². The molecule has 0 aromatic heterocycles. The van der Waals surface area contributed by atoms with Gasteiger partial charge in [-0.1, -0.05) is 13.8 Å². The van der Waals surface area contributed by atoms with Crippen LogP contribution in [-0.4, -0.2) is 32.4 Å². The molecule has 3 heteroatoms. The van der Waals surface area contributed by atoms with E-state index >= 15 is 0 Å². The van der Waals surface area contributed by atoms with Gasteiger partial charge in [0.25, 0.3) is 0 Å². The van der Waals surface area contributed by atoms with Gasteiger partial charge in [-0.3, -0.25) is 4.99 Å². The summed E-state index contributed by atoms with van der Waals surface area (Å²) in [5.74, 6) is 0. The van der Waals surface area contributed by atoms with Crippen molar-refractivity contribution in [1.82, 2.24) is 5.32 Å². The Morgan fingerprint density at radius 1 is 1.55 bits per heavy atom. The van der Waals surface area contributed by atoms with E-state index in [1.165, 1.54) is 0 Å². The normalized spacial score (nSPS) is 11.3. The molecule has 0 amide bonds. The maximum absolute atomic E-state index is 4.85. The lowest BCUT2D eigenvalue weighted by Crippen LogP contribution is -2.27. The Morgan fingerprint density at radius 3 is 2.27 bits per heavy atom. The molecule has 11 heavy (non-hydrogen) atoms. The molecule has 3 nitrogen and oxygen atoms in total. The SMILES string of the molecule is C=NCC(C)NCC.CCN. The van der Waals surface area contributed by atoms with Crippen LogP contribution >= 0.6 is 0 Å². The first kappa shape index (κ1) is 13.2. The van der Waals surface area contributed by atoms with Crippen molar-refractivity contribution in [3.05, 3.63) is 0 Å². The first-order chi connectivity index (χ1) is 5.22. The van der Waals surface area contributed by atoms with E-state index in [9.17, 15) is 0 Å². The summed E-state index contributed by atoms with van der Waals surface area (Å²) in [6, 6.07) is 0.484. The van der Waals surface area contributed by atoms with E-state index in [0.717, 1.165) is 19.6 Å². The second-order valence-corrected chi connectivity index (χ2v) is 2.27. The fraction of sp³-hybridized carbons (Fsp3) is 0.875. The third-order valence-corrected chi connectivity index (χ3v) is 0.956. The summed E-state index contributed by atoms with van der Waals surface area (Å²) in [6.45, 7) is 12.0. The molecule has 0 spiro atoms. The molecule has 0 aliphatic rings. The highest BCUT2D eigenvalue weighted by Gasteiger charge is 1.92. The molecule has 0 aliphatic heterocycles. The highest BCUT2D eigenvalue weighted by molar-refractivity contribution is 5.23. The Bertz CT molecular complexity index is 73.7. The summed E-state index contributed by atoms with van der Waals surface area (Å²) in [5, 5.41) is 3.21. The van der Waals surface area contributed by atoms with Gasteiger partial charge in [-0.2, -0.15) is 0 Å². The predicted molar refractivity (Wildman–Crippen MR) is 52.3 cm³/mol. The van der Waals surface area contributed by atoms with Crippen LogP contribution < -0.4 is 11.1 Å². The van der Waals surface area contributed by atoms with E-state index in [0.29, 0.717) is 6.04 Å².